The molecule has 3 aromatic rings. The lowest BCUT2D eigenvalue weighted by Crippen LogP contribution is -2.50. The van der Waals surface area contributed by atoms with Crippen molar-refractivity contribution >= 4 is 27.7 Å². The van der Waals surface area contributed by atoms with E-state index in [9.17, 15) is 13.2 Å². The van der Waals surface area contributed by atoms with Crippen LogP contribution in [0.2, 0.25) is 0 Å². The zero-order valence-corrected chi connectivity index (χ0v) is 17.8. The number of rotatable bonds is 6. The molecule has 156 valence electrons. The molecule has 0 N–H and O–H groups in total. The summed E-state index contributed by atoms with van der Waals surface area (Å²) in [6.07, 6.45) is 1.62. The summed E-state index contributed by atoms with van der Waals surface area (Å²) >= 11 is 1.32. The standard InChI is InChI=1S/C20H21N5O3S2/c26-19(15-29-20-22-21-16-25(20)17-7-3-1-4-8-17)23-11-13-24(14-12-23)30(27,28)18-9-5-2-6-10-18/h1-10,16H,11-15H2. The highest BCUT2D eigenvalue weighted by molar-refractivity contribution is 7.99. The molecule has 0 unspecified atom stereocenters. The molecule has 1 amide bonds. The summed E-state index contributed by atoms with van der Waals surface area (Å²) < 4.78 is 28.7. The molecule has 4 rings (SSSR count). The molecule has 2 aromatic carbocycles. The van der Waals surface area contributed by atoms with Gasteiger partial charge in [0, 0.05) is 31.9 Å². The van der Waals surface area contributed by atoms with Gasteiger partial charge in [-0.25, -0.2) is 8.42 Å². The third kappa shape index (κ3) is 4.40. The average Bonchev–Trinajstić information content (AvgIpc) is 3.27. The van der Waals surface area contributed by atoms with Crippen molar-refractivity contribution in [3.63, 3.8) is 0 Å². The third-order valence-corrected chi connectivity index (χ3v) is 7.69. The van der Waals surface area contributed by atoms with Gasteiger partial charge >= 0.3 is 0 Å². The molecule has 1 saturated heterocycles. The Labute approximate surface area is 179 Å². The van der Waals surface area contributed by atoms with Crippen molar-refractivity contribution in [2.75, 3.05) is 31.9 Å². The predicted molar refractivity (Wildman–Crippen MR) is 114 cm³/mol. The van der Waals surface area contributed by atoms with Gasteiger partial charge in [0.1, 0.15) is 6.33 Å². The normalized spacial score (nSPS) is 15.3. The molecule has 1 aliphatic heterocycles. The van der Waals surface area contributed by atoms with Crippen molar-refractivity contribution in [3.05, 3.63) is 67.0 Å². The monoisotopic (exact) mass is 443 g/mol. The van der Waals surface area contributed by atoms with E-state index in [1.54, 1.807) is 41.6 Å². The molecule has 30 heavy (non-hydrogen) atoms. The second-order valence-electron chi connectivity index (χ2n) is 6.71. The summed E-state index contributed by atoms with van der Waals surface area (Å²) in [5, 5.41) is 8.69. The van der Waals surface area contributed by atoms with E-state index in [1.165, 1.54) is 16.1 Å². The zero-order chi connectivity index (χ0) is 21.0. The van der Waals surface area contributed by atoms with Crippen LogP contribution in [0.3, 0.4) is 0 Å². The number of hydrogen-bond donors (Lipinski definition) is 0. The molecule has 0 aliphatic carbocycles. The van der Waals surface area contributed by atoms with E-state index in [-0.39, 0.29) is 29.6 Å². The van der Waals surface area contributed by atoms with Crippen molar-refractivity contribution in [3.8, 4) is 5.69 Å². The molecule has 0 saturated carbocycles. The zero-order valence-electron chi connectivity index (χ0n) is 16.2. The van der Waals surface area contributed by atoms with Gasteiger partial charge in [0.2, 0.25) is 15.9 Å². The number of thioether (sulfide) groups is 1. The van der Waals surface area contributed by atoms with E-state index < -0.39 is 10.0 Å². The molecule has 10 heteroatoms. The van der Waals surface area contributed by atoms with Crippen LogP contribution < -0.4 is 0 Å². The fourth-order valence-corrected chi connectivity index (χ4v) is 5.50. The van der Waals surface area contributed by atoms with Gasteiger partial charge in [0.05, 0.1) is 10.6 Å². The molecule has 8 nitrogen and oxygen atoms in total. The molecular formula is C20H21N5O3S2. The summed E-state index contributed by atoms with van der Waals surface area (Å²) in [5.74, 6) is 0.177. The SMILES string of the molecule is O=C(CSc1nncn1-c1ccccc1)N1CCN(S(=O)(=O)c2ccccc2)CC1. The van der Waals surface area contributed by atoms with Crippen molar-refractivity contribution in [2.24, 2.45) is 0 Å². The van der Waals surface area contributed by atoms with Crippen LogP contribution in [-0.2, 0) is 14.8 Å². The van der Waals surface area contributed by atoms with E-state index in [0.29, 0.717) is 18.2 Å². The fraction of sp³-hybridized carbons (Fsp3) is 0.250. The van der Waals surface area contributed by atoms with E-state index >= 15 is 0 Å². The van der Waals surface area contributed by atoms with Crippen LogP contribution in [0.4, 0.5) is 0 Å². The van der Waals surface area contributed by atoms with Gasteiger partial charge in [-0.1, -0.05) is 48.2 Å². The summed E-state index contributed by atoms with van der Waals surface area (Å²) in [7, 11) is -3.53. The fourth-order valence-electron chi connectivity index (χ4n) is 3.23. The molecule has 0 atom stereocenters. The molecule has 0 bridgehead atoms. The van der Waals surface area contributed by atoms with E-state index in [0.717, 1.165) is 5.69 Å². The number of sulfonamides is 1. The molecule has 1 aromatic heterocycles. The summed E-state index contributed by atoms with van der Waals surface area (Å²) in [6.45, 7) is 1.31. The van der Waals surface area contributed by atoms with Crippen molar-refractivity contribution < 1.29 is 13.2 Å². The van der Waals surface area contributed by atoms with Gasteiger partial charge in [0.25, 0.3) is 0 Å². The van der Waals surface area contributed by atoms with E-state index in [2.05, 4.69) is 10.2 Å². The lowest BCUT2D eigenvalue weighted by molar-refractivity contribution is -0.129. The lowest BCUT2D eigenvalue weighted by Gasteiger charge is -2.34. The highest BCUT2D eigenvalue weighted by Gasteiger charge is 2.30. The van der Waals surface area contributed by atoms with Crippen molar-refractivity contribution in [2.45, 2.75) is 10.1 Å². The van der Waals surface area contributed by atoms with Crippen LogP contribution in [0.5, 0.6) is 0 Å². The Kier molecular flexibility index (Phi) is 6.16. The van der Waals surface area contributed by atoms with Gasteiger partial charge in [0.15, 0.2) is 5.16 Å². The van der Waals surface area contributed by atoms with E-state index in [4.69, 9.17) is 0 Å². The number of piperazine rings is 1. The number of aromatic nitrogens is 3. The Morgan fingerprint density at radius 3 is 2.23 bits per heavy atom. The maximum absolute atomic E-state index is 12.7. The second-order valence-corrected chi connectivity index (χ2v) is 9.59. The first kappa shape index (κ1) is 20.6. The van der Waals surface area contributed by atoms with Gasteiger partial charge in [-0.3, -0.25) is 9.36 Å². The van der Waals surface area contributed by atoms with Crippen LogP contribution >= 0.6 is 11.8 Å². The minimum atomic E-state index is -3.53. The summed E-state index contributed by atoms with van der Waals surface area (Å²) in [6, 6.07) is 18.1. The Hall–Kier alpha value is -2.69. The van der Waals surface area contributed by atoms with Crippen LogP contribution in [0, 0.1) is 0 Å². The third-order valence-electron chi connectivity index (χ3n) is 4.85. The number of nitrogens with zero attached hydrogens (tertiary/aromatic N) is 5. The minimum absolute atomic E-state index is 0.0422. The highest BCUT2D eigenvalue weighted by atomic mass is 32.2. The summed E-state index contributed by atoms with van der Waals surface area (Å²) in [5.41, 5.74) is 0.928. The van der Waals surface area contributed by atoms with Gasteiger partial charge in [-0.2, -0.15) is 4.31 Å². The van der Waals surface area contributed by atoms with Crippen LogP contribution in [0.15, 0.2) is 77.0 Å². The number of hydrogen-bond acceptors (Lipinski definition) is 6. The van der Waals surface area contributed by atoms with Crippen molar-refractivity contribution in [1.29, 1.82) is 0 Å². The maximum Gasteiger partial charge on any atom is 0.243 e. The van der Waals surface area contributed by atoms with Crippen molar-refractivity contribution in [1.82, 2.24) is 24.0 Å². The molecular weight excluding hydrogens is 422 g/mol. The van der Waals surface area contributed by atoms with Crippen LogP contribution in [-0.4, -0.2) is 70.2 Å². The molecule has 1 fully saturated rings. The average molecular weight is 444 g/mol. The number of amides is 1. The van der Waals surface area contributed by atoms with E-state index in [1.807, 2.05) is 34.9 Å². The Balaban J connectivity index is 1.33. The Bertz CT molecular complexity index is 1100. The molecule has 0 spiro atoms. The first-order valence-electron chi connectivity index (χ1n) is 9.47. The number of para-hydroxylation sites is 1. The Morgan fingerprint density at radius 1 is 0.933 bits per heavy atom. The largest absolute Gasteiger partial charge is 0.339 e. The highest BCUT2D eigenvalue weighted by Crippen LogP contribution is 2.21. The molecule has 2 heterocycles. The van der Waals surface area contributed by atoms with Crippen LogP contribution in [0.25, 0.3) is 5.69 Å². The topological polar surface area (TPSA) is 88.4 Å². The first-order valence-corrected chi connectivity index (χ1v) is 11.9. The maximum atomic E-state index is 12.7. The number of benzene rings is 2. The van der Waals surface area contributed by atoms with Gasteiger partial charge in [-0.05, 0) is 24.3 Å². The summed E-state index contributed by atoms with van der Waals surface area (Å²) in [4.78, 5) is 14.6. The second kappa shape index (κ2) is 8.99. The van der Waals surface area contributed by atoms with Gasteiger partial charge < -0.3 is 4.90 Å². The quantitative estimate of drug-likeness (QED) is 0.541. The number of carbonyl (C=O) groups excluding carboxylic acids is 1. The molecule has 1 aliphatic rings. The van der Waals surface area contributed by atoms with Crippen LogP contribution in [0.1, 0.15) is 0 Å². The van der Waals surface area contributed by atoms with Gasteiger partial charge in [-0.15, -0.1) is 10.2 Å². The minimum Gasteiger partial charge on any atom is -0.339 e. The number of carbonyl (C=O) groups is 1. The predicted octanol–water partition coefficient (Wildman–Crippen LogP) is 1.89. The first-order chi connectivity index (χ1) is 14.6. The Morgan fingerprint density at radius 2 is 1.57 bits per heavy atom. The lowest BCUT2D eigenvalue weighted by atomic mass is 10.3. The molecule has 0 radical (unpaired) electrons. The smallest absolute Gasteiger partial charge is 0.243 e.